The van der Waals surface area contributed by atoms with Crippen molar-refractivity contribution in [3.63, 3.8) is 0 Å². The number of methoxy groups -OCH3 is 1. The molecular weight excluding hydrogens is 216 g/mol. The van der Waals surface area contributed by atoms with Gasteiger partial charge >= 0.3 is 0 Å². The highest BCUT2D eigenvalue weighted by molar-refractivity contribution is 5.29. The number of hydrogen-bond acceptors (Lipinski definition) is 3. The van der Waals surface area contributed by atoms with Crippen LogP contribution in [-0.2, 0) is 13.5 Å². The van der Waals surface area contributed by atoms with E-state index in [1.54, 1.807) is 18.0 Å². The second-order valence-electron chi connectivity index (χ2n) is 4.02. The summed E-state index contributed by atoms with van der Waals surface area (Å²) >= 11 is 0. The molecule has 0 amide bonds. The smallest absolute Gasteiger partial charge is 0.119 e. The molecule has 2 rings (SSSR count). The highest BCUT2D eigenvalue weighted by Crippen LogP contribution is 2.20. The van der Waals surface area contributed by atoms with Crippen LogP contribution in [0, 0.1) is 0 Å². The first-order valence-electron chi connectivity index (χ1n) is 5.48. The van der Waals surface area contributed by atoms with Crippen LogP contribution in [0.1, 0.15) is 17.2 Å². The Morgan fingerprint density at radius 1 is 1.47 bits per heavy atom. The molecule has 0 aliphatic heterocycles. The van der Waals surface area contributed by atoms with Crippen LogP contribution in [-0.4, -0.2) is 22.0 Å². The summed E-state index contributed by atoms with van der Waals surface area (Å²) in [6, 6.07) is 7.71. The third kappa shape index (κ3) is 2.85. The summed E-state index contributed by atoms with van der Waals surface area (Å²) in [4.78, 5) is 0. The van der Waals surface area contributed by atoms with Gasteiger partial charge in [-0.25, -0.2) is 0 Å². The molecule has 0 saturated carbocycles. The number of ether oxygens (including phenoxy) is 1. The first-order valence-corrected chi connectivity index (χ1v) is 5.48. The van der Waals surface area contributed by atoms with Crippen LogP contribution in [0.5, 0.6) is 5.75 Å². The van der Waals surface area contributed by atoms with E-state index in [1.807, 2.05) is 37.5 Å². The summed E-state index contributed by atoms with van der Waals surface area (Å²) in [5.41, 5.74) is 1.87. The van der Waals surface area contributed by atoms with Crippen LogP contribution >= 0.6 is 0 Å². The maximum absolute atomic E-state index is 10.1. The van der Waals surface area contributed by atoms with E-state index in [0.29, 0.717) is 6.42 Å². The van der Waals surface area contributed by atoms with Crippen LogP contribution < -0.4 is 4.74 Å². The molecule has 4 heteroatoms. The molecule has 2 aromatic rings. The van der Waals surface area contributed by atoms with E-state index in [1.165, 1.54) is 0 Å². The highest BCUT2D eigenvalue weighted by Gasteiger charge is 2.10. The number of aliphatic hydroxyl groups excluding tert-OH is 1. The van der Waals surface area contributed by atoms with Gasteiger partial charge in [-0.3, -0.25) is 4.68 Å². The van der Waals surface area contributed by atoms with Crippen molar-refractivity contribution in [2.45, 2.75) is 12.5 Å². The number of nitrogens with zero attached hydrogens (tertiary/aromatic N) is 2. The summed E-state index contributed by atoms with van der Waals surface area (Å²) in [6.07, 6.45) is 3.54. The Hall–Kier alpha value is -1.81. The van der Waals surface area contributed by atoms with Gasteiger partial charge in [-0.1, -0.05) is 12.1 Å². The number of hydrogen-bond donors (Lipinski definition) is 1. The zero-order valence-corrected chi connectivity index (χ0v) is 10.00. The first kappa shape index (κ1) is 11.7. The van der Waals surface area contributed by atoms with Gasteiger partial charge in [0, 0.05) is 25.2 Å². The molecule has 0 saturated heterocycles. The summed E-state index contributed by atoms with van der Waals surface area (Å²) in [6.45, 7) is 0. The lowest BCUT2D eigenvalue weighted by Gasteiger charge is -2.09. The number of rotatable bonds is 4. The third-order valence-corrected chi connectivity index (χ3v) is 2.67. The van der Waals surface area contributed by atoms with Gasteiger partial charge in [0.25, 0.3) is 0 Å². The maximum Gasteiger partial charge on any atom is 0.119 e. The van der Waals surface area contributed by atoms with Crippen molar-refractivity contribution < 1.29 is 9.84 Å². The summed E-state index contributed by atoms with van der Waals surface area (Å²) in [5.74, 6) is 0.806. The van der Waals surface area contributed by atoms with Crippen molar-refractivity contribution >= 4 is 0 Å². The molecule has 0 aliphatic rings. The fraction of sp³-hybridized carbons (Fsp3) is 0.308. The number of aliphatic hydroxyl groups is 1. The zero-order chi connectivity index (χ0) is 12.3. The van der Waals surface area contributed by atoms with Gasteiger partial charge < -0.3 is 9.84 Å². The van der Waals surface area contributed by atoms with E-state index in [2.05, 4.69) is 5.10 Å². The molecule has 1 aromatic carbocycles. The predicted octanol–water partition coefficient (Wildman–Crippen LogP) is 1.70. The van der Waals surface area contributed by atoms with E-state index in [-0.39, 0.29) is 0 Å². The zero-order valence-electron chi connectivity index (χ0n) is 10.00. The predicted molar refractivity (Wildman–Crippen MR) is 64.9 cm³/mol. The monoisotopic (exact) mass is 232 g/mol. The average Bonchev–Trinajstić information content (AvgIpc) is 2.76. The van der Waals surface area contributed by atoms with Crippen LogP contribution in [0.15, 0.2) is 36.7 Å². The minimum atomic E-state index is -0.532. The molecule has 1 heterocycles. The molecular formula is C13H16N2O2. The number of benzene rings is 1. The molecule has 0 aliphatic carbocycles. The van der Waals surface area contributed by atoms with E-state index in [4.69, 9.17) is 4.74 Å². The Morgan fingerprint density at radius 2 is 2.29 bits per heavy atom. The van der Waals surface area contributed by atoms with Gasteiger partial charge in [-0.05, 0) is 17.7 Å². The molecule has 1 atom stereocenters. The van der Waals surface area contributed by atoms with E-state index >= 15 is 0 Å². The highest BCUT2D eigenvalue weighted by atomic mass is 16.5. The molecule has 1 unspecified atom stereocenters. The average molecular weight is 232 g/mol. The summed E-state index contributed by atoms with van der Waals surface area (Å²) in [7, 11) is 3.47. The van der Waals surface area contributed by atoms with Crippen LogP contribution in [0.25, 0.3) is 0 Å². The first-order chi connectivity index (χ1) is 8.19. The molecule has 17 heavy (non-hydrogen) atoms. The van der Waals surface area contributed by atoms with Crippen LogP contribution in [0.3, 0.4) is 0 Å². The van der Waals surface area contributed by atoms with Gasteiger partial charge in [0.05, 0.1) is 19.4 Å². The van der Waals surface area contributed by atoms with Crippen molar-refractivity contribution in [1.29, 1.82) is 0 Å². The number of aromatic nitrogens is 2. The lowest BCUT2D eigenvalue weighted by atomic mass is 10.0. The fourth-order valence-corrected chi connectivity index (χ4v) is 1.75. The minimum absolute atomic E-state index is 0.532. The molecule has 0 fully saturated rings. The topological polar surface area (TPSA) is 47.3 Å². The molecule has 4 nitrogen and oxygen atoms in total. The van der Waals surface area contributed by atoms with Gasteiger partial charge in [-0.2, -0.15) is 5.10 Å². The Labute approximate surface area is 100 Å². The van der Waals surface area contributed by atoms with Gasteiger partial charge in [0.1, 0.15) is 5.75 Å². The molecule has 1 N–H and O–H groups in total. The SMILES string of the molecule is COc1cccc(CC(O)c2cnn(C)c2)c1. The maximum atomic E-state index is 10.1. The Morgan fingerprint density at radius 3 is 2.94 bits per heavy atom. The summed E-state index contributed by atoms with van der Waals surface area (Å²) in [5, 5.41) is 14.1. The third-order valence-electron chi connectivity index (χ3n) is 2.67. The van der Waals surface area contributed by atoms with E-state index < -0.39 is 6.10 Å². The molecule has 0 radical (unpaired) electrons. The minimum Gasteiger partial charge on any atom is -0.497 e. The Balaban J connectivity index is 2.09. The largest absolute Gasteiger partial charge is 0.497 e. The van der Waals surface area contributed by atoms with Gasteiger partial charge in [0.15, 0.2) is 0 Å². The van der Waals surface area contributed by atoms with Crippen molar-refractivity contribution in [3.05, 3.63) is 47.8 Å². The van der Waals surface area contributed by atoms with Gasteiger partial charge in [0.2, 0.25) is 0 Å². The quantitative estimate of drug-likeness (QED) is 0.872. The van der Waals surface area contributed by atoms with Crippen molar-refractivity contribution in [2.24, 2.45) is 7.05 Å². The molecule has 0 bridgehead atoms. The van der Waals surface area contributed by atoms with Crippen molar-refractivity contribution in [2.75, 3.05) is 7.11 Å². The Kier molecular flexibility index (Phi) is 3.44. The lowest BCUT2D eigenvalue weighted by molar-refractivity contribution is 0.178. The summed E-state index contributed by atoms with van der Waals surface area (Å²) < 4.78 is 6.83. The number of aryl methyl sites for hydroxylation is 1. The fourth-order valence-electron chi connectivity index (χ4n) is 1.75. The second-order valence-corrected chi connectivity index (χ2v) is 4.02. The van der Waals surface area contributed by atoms with E-state index in [9.17, 15) is 5.11 Å². The van der Waals surface area contributed by atoms with Crippen molar-refractivity contribution in [3.8, 4) is 5.75 Å². The normalized spacial score (nSPS) is 12.4. The Bertz CT molecular complexity index is 494. The molecule has 0 spiro atoms. The lowest BCUT2D eigenvalue weighted by Crippen LogP contribution is -2.01. The van der Waals surface area contributed by atoms with Crippen molar-refractivity contribution in [1.82, 2.24) is 9.78 Å². The molecule has 90 valence electrons. The second kappa shape index (κ2) is 5.01. The molecule has 1 aromatic heterocycles. The standard InChI is InChI=1S/C13H16N2O2/c1-15-9-11(8-14-15)13(16)7-10-4-3-5-12(6-10)17-2/h3-6,8-9,13,16H,7H2,1-2H3. The van der Waals surface area contributed by atoms with Crippen LogP contribution in [0.2, 0.25) is 0 Å². The van der Waals surface area contributed by atoms with E-state index in [0.717, 1.165) is 16.9 Å². The van der Waals surface area contributed by atoms with Gasteiger partial charge in [-0.15, -0.1) is 0 Å². The van der Waals surface area contributed by atoms with Crippen LogP contribution in [0.4, 0.5) is 0 Å².